The number of imidazole rings is 1. The van der Waals surface area contributed by atoms with Gasteiger partial charge in [0.1, 0.15) is 5.75 Å². The average Bonchev–Trinajstić information content (AvgIpc) is 3.14. The van der Waals surface area contributed by atoms with E-state index in [2.05, 4.69) is 15.3 Å². The normalized spacial score (nSPS) is 10.4. The predicted octanol–water partition coefficient (Wildman–Crippen LogP) is 2.68. The van der Waals surface area contributed by atoms with Gasteiger partial charge in [-0.05, 0) is 35.9 Å². The molecule has 0 unspecified atom stereocenters. The summed E-state index contributed by atoms with van der Waals surface area (Å²) >= 11 is 1.39. The largest absolute Gasteiger partial charge is 0.497 e. The van der Waals surface area contributed by atoms with E-state index in [1.54, 1.807) is 25.7 Å². The third-order valence-electron chi connectivity index (χ3n) is 3.50. The van der Waals surface area contributed by atoms with E-state index in [1.165, 1.54) is 11.8 Å². The number of pyridine rings is 1. The molecule has 0 saturated heterocycles. The quantitative estimate of drug-likeness (QED) is 0.661. The zero-order valence-electron chi connectivity index (χ0n) is 13.8. The lowest BCUT2D eigenvalue weighted by atomic mass is 10.3. The maximum atomic E-state index is 12.0. The molecule has 25 heavy (non-hydrogen) atoms. The lowest BCUT2D eigenvalue weighted by Crippen LogP contribution is -2.24. The first-order valence-corrected chi connectivity index (χ1v) is 8.71. The van der Waals surface area contributed by atoms with E-state index >= 15 is 0 Å². The van der Waals surface area contributed by atoms with Crippen molar-refractivity contribution in [2.75, 3.05) is 12.9 Å². The van der Waals surface area contributed by atoms with Crippen molar-refractivity contribution < 1.29 is 9.53 Å². The highest BCUT2D eigenvalue weighted by Crippen LogP contribution is 2.22. The number of ether oxygens (including phenoxy) is 1. The Hall–Kier alpha value is -2.80. The number of rotatable bonds is 7. The minimum absolute atomic E-state index is 0.0434. The number of amides is 1. The number of carbonyl (C=O) groups is 1. The Morgan fingerprint density at radius 1 is 1.24 bits per heavy atom. The summed E-state index contributed by atoms with van der Waals surface area (Å²) < 4.78 is 7.11. The molecule has 0 saturated carbocycles. The fourth-order valence-corrected chi connectivity index (χ4v) is 3.02. The Labute approximate surface area is 150 Å². The minimum atomic E-state index is -0.0434. The van der Waals surface area contributed by atoms with E-state index in [0.29, 0.717) is 12.3 Å². The first-order valence-electron chi connectivity index (χ1n) is 7.72. The maximum Gasteiger partial charge on any atom is 0.230 e. The summed E-state index contributed by atoms with van der Waals surface area (Å²) in [6, 6.07) is 11.5. The van der Waals surface area contributed by atoms with E-state index in [-0.39, 0.29) is 5.91 Å². The molecule has 2 aromatic heterocycles. The second kappa shape index (κ2) is 8.34. The molecule has 1 N–H and O–H groups in total. The van der Waals surface area contributed by atoms with E-state index < -0.39 is 0 Å². The molecule has 1 aromatic carbocycles. The Kier molecular flexibility index (Phi) is 5.69. The first kappa shape index (κ1) is 17.0. The van der Waals surface area contributed by atoms with Gasteiger partial charge >= 0.3 is 0 Å². The number of hydrogen-bond donors (Lipinski definition) is 1. The van der Waals surface area contributed by atoms with Gasteiger partial charge in [0.25, 0.3) is 0 Å². The molecule has 128 valence electrons. The smallest absolute Gasteiger partial charge is 0.230 e. The summed E-state index contributed by atoms with van der Waals surface area (Å²) in [5.74, 6) is 1.05. The molecular formula is C18H18N4O2S. The van der Waals surface area contributed by atoms with Gasteiger partial charge in [-0.15, -0.1) is 0 Å². The predicted molar refractivity (Wildman–Crippen MR) is 96.9 cm³/mol. The van der Waals surface area contributed by atoms with Crippen molar-refractivity contribution in [1.82, 2.24) is 19.9 Å². The number of nitrogens with one attached hydrogen (secondary N) is 1. The molecule has 0 fully saturated rings. The fraction of sp³-hybridized carbons (Fsp3) is 0.167. The van der Waals surface area contributed by atoms with E-state index in [1.807, 2.05) is 47.2 Å². The second-order valence-electron chi connectivity index (χ2n) is 5.20. The molecule has 7 heteroatoms. The summed E-state index contributed by atoms with van der Waals surface area (Å²) in [7, 11) is 1.64. The highest BCUT2D eigenvalue weighted by atomic mass is 32.2. The number of benzene rings is 1. The lowest BCUT2D eigenvalue weighted by molar-refractivity contribution is -0.118. The standard InChI is InChI=1S/C18H18N4O2S/c1-24-16-6-4-15(5-7-16)22-10-9-20-18(22)25-13-17(23)21-12-14-3-2-8-19-11-14/h2-11H,12-13H2,1H3,(H,21,23). The van der Waals surface area contributed by atoms with Gasteiger partial charge in [-0.25, -0.2) is 4.98 Å². The number of nitrogens with zero attached hydrogens (tertiary/aromatic N) is 3. The fourth-order valence-electron chi connectivity index (χ4n) is 2.22. The van der Waals surface area contributed by atoms with Crippen LogP contribution in [0.15, 0.2) is 66.3 Å². The van der Waals surface area contributed by atoms with Crippen LogP contribution in [0.5, 0.6) is 5.75 Å². The molecule has 0 aliphatic rings. The Bertz CT molecular complexity index is 819. The first-order chi connectivity index (χ1) is 12.3. The zero-order valence-corrected chi connectivity index (χ0v) is 14.6. The summed E-state index contributed by atoms with van der Waals surface area (Å²) in [4.78, 5) is 20.4. The zero-order chi connectivity index (χ0) is 17.5. The Morgan fingerprint density at radius 3 is 2.80 bits per heavy atom. The van der Waals surface area contributed by atoms with Crippen LogP contribution in [-0.2, 0) is 11.3 Å². The second-order valence-corrected chi connectivity index (χ2v) is 6.15. The van der Waals surface area contributed by atoms with Crippen molar-refractivity contribution in [3.63, 3.8) is 0 Å². The van der Waals surface area contributed by atoms with Gasteiger partial charge in [0.15, 0.2) is 5.16 Å². The Balaban J connectivity index is 1.56. The van der Waals surface area contributed by atoms with Gasteiger partial charge in [0, 0.05) is 37.0 Å². The van der Waals surface area contributed by atoms with Crippen LogP contribution in [0.4, 0.5) is 0 Å². The van der Waals surface area contributed by atoms with E-state index in [0.717, 1.165) is 22.2 Å². The number of aromatic nitrogens is 3. The van der Waals surface area contributed by atoms with Crippen molar-refractivity contribution >= 4 is 17.7 Å². The van der Waals surface area contributed by atoms with E-state index in [9.17, 15) is 4.79 Å². The summed E-state index contributed by atoms with van der Waals surface area (Å²) in [5, 5.41) is 3.65. The van der Waals surface area contributed by atoms with Gasteiger partial charge in [0.05, 0.1) is 12.9 Å². The third-order valence-corrected chi connectivity index (χ3v) is 4.47. The molecule has 0 aliphatic heterocycles. The van der Waals surface area contributed by atoms with Crippen LogP contribution in [0.3, 0.4) is 0 Å². The van der Waals surface area contributed by atoms with E-state index in [4.69, 9.17) is 4.74 Å². The third kappa shape index (κ3) is 4.60. The number of hydrogen-bond acceptors (Lipinski definition) is 5. The topological polar surface area (TPSA) is 69.0 Å². The molecule has 3 rings (SSSR count). The van der Waals surface area contributed by atoms with Crippen molar-refractivity contribution in [2.45, 2.75) is 11.7 Å². The van der Waals surface area contributed by atoms with Crippen LogP contribution in [0, 0.1) is 0 Å². The lowest BCUT2D eigenvalue weighted by Gasteiger charge is -2.09. The van der Waals surface area contributed by atoms with Gasteiger partial charge in [-0.3, -0.25) is 14.3 Å². The molecule has 6 nitrogen and oxygen atoms in total. The summed E-state index contributed by atoms with van der Waals surface area (Å²) in [5.41, 5.74) is 1.94. The van der Waals surface area contributed by atoms with Crippen LogP contribution in [0.1, 0.15) is 5.56 Å². The van der Waals surface area contributed by atoms with Crippen LogP contribution in [-0.4, -0.2) is 33.3 Å². The SMILES string of the molecule is COc1ccc(-n2ccnc2SCC(=O)NCc2cccnc2)cc1. The van der Waals surface area contributed by atoms with Crippen molar-refractivity contribution in [1.29, 1.82) is 0 Å². The molecule has 0 radical (unpaired) electrons. The minimum Gasteiger partial charge on any atom is -0.497 e. The number of methoxy groups -OCH3 is 1. The molecular weight excluding hydrogens is 336 g/mol. The van der Waals surface area contributed by atoms with Gasteiger partial charge in [0.2, 0.25) is 5.91 Å². The number of carbonyl (C=O) groups excluding carboxylic acids is 1. The highest BCUT2D eigenvalue weighted by Gasteiger charge is 2.09. The monoisotopic (exact) mass is 354 g/mol. The molecule has 2 heterocycles. The average molecular weight is 354 g/mol. The van der Waals surface area contributed by atoms with Crippen LogP contribution < -0.4 is 10.1 Å². The van der Waals surface area contributed by atoms with Gasteiger partial charge < -0.3 is 10.1 Å². The molecule has 3 aromatic rings. The van der Waals surface area contributed by atoms with Crippen molar-refractivity contribution in [3.8, 4) is 11.4 Å². The molecule has 0 atom stereocenters. The summed E-state index contributed by atoms with van der Waals surface area (Å²) in [6.45, 7) is 0.472. The molecule has 1 amide bonds. The van der Waals surface area contributed by atoms with Crippen molar-refractivity contribution in [3.05, 3.63) is 66.7 Å². The van der Waals surface area contributed by atoms with Gasteiger partial charge in [-0.2, -0.15) is 0 Å². The van der Waals surface area contributed by atoms with Crippen LogP contribution >= 0.6 is 11.8 Å². The Morgan fingerprint density at radius 2 is 2.08 bits per heavy atom. The molecule has 0 bridgehead atoms. The number of thioether (sulfide) groups is 1. The van der Waals surface area contributed by atoms with Crippen molar-refractivity contribution in [2.24, 2.45) is 0 Å². The summed E-state index contributed by atoms with van der Waals surface area (Å²) in [6.07, 6.45) is 7.04. The van der Waals surface area contributed by atoms with Crippen LogP contribution in [0.25, 0.3) is 5.69 Å². The molecule has 0 aliphatic carbocycles. The molecule has 0 spiro atoms. The van der Waals surface area contributed by atoms with Crippen LogP contribution in [0.2, 0.25) is 0 Å². The van der Waals surface area contributed by atoms with Gasteiger partial charge in [-0.1, -0.05) is 17.8 Å². The maximum absolute atomic E-state index is 12.0. The highest BCUT2D eigenvalue weighted by molar-refractivity contribution is 7.99.